The third-order valence-corrected chi connectivity index (χ3v) is 4.85. The van der Waals surface area contributed by atoms with Gasteiger partial charge in [-0.2, -0.15) is 0 Å². The number of ether oxygens (including phenoxy) is 1. The van der Waals surface area contributed by atoms with Crippen molar-refractivity contribution in [2.75, 3.05) is 20.2 Å². The molecule has 1 atom stereocenters. The predicted molar refractivity (Wildman–Crippen MR) is 91.2 cm³/mol. The maximum atomic E-state index is 12.5. The normalized spacial score (nSPS) is 18.6. The summed E-state index contributed by atoms with van der Waals surface area (Å²) in [5, 5.41) is 1.22. The van der Waals surface area contributed by atoms with Crippen molar-refractivity contribution >= 4 is 16.8 Å². The summed E-state index contributed by atoms with van der Waals surface area (Å²) in [6, 6.07) is 10.3. The Balaban J connectivity index is 1.72. The number of hydrogen-bond acceptors (Lipinski definition) is 3. The number of carbonyl (C=O) groups excluding carboxylic acids is 1. The lowest BCUT2D eigenvalue weighted by Gasteiger charge is -2.28. The highest BCUT2D eigenvalue weighted by atomic mass is 16.5. The van der Waals surface area contributed by atoms with Gasteiger partial charge in [-0.25, -0.2) is 0 Å². The second-order valence-corrected chi connectivity index (χ2v) is 6.81. The Morgan fingerprint density at radius 2 is 2.13 bits per heavy atom. The Morgan fingerprint density at radius 3 is 2.91 bits per heavy atom. The third-order valence-electron chi connectivity index (χ3n) is 4.85. The Bertz CT molecular complexity index is 706. The molecule has 0 radical (unpaired) electrons. The van der Waals surface area contributed by atoms with Crippen LogP contribution in [0.4, 0.5) is 0 Å². The number of hydrogen-bond donors (Lipinski definition) is 0. The number of likely N-dealkylation sites (tertiary alicyclic amines) is 1. The van der Waals surface area contributed by atoms with Gasteiger partial charge in [0, 0.05) is 31.8 Å². The largest absolute Gasteiger partial charge is 0.369 e. The molecule has 1 amide bonds. The number of para-hydroxylation sites is 1. The molecule has 1 aromatic carbocycles. The second kappa shape index (κ2) is 6.28. The van der Waals surface area contributed by atoms with Crippen LogP contribution in [0.1, 0.15) is 25.8 Å². The fraction of sp³-hybridized carbons (Fsp3) is 0.474. The van der Waals surface area contributed by atoms with E-state index in [2.05, 4.69) is 23.2 Å². The fourth-order valence-electron chi connectivity index (χ4n) is 3.30. The van der Waals surface area contributed by atoms with E-state index in [4.69, 9.17) is 4.74 Å². The Morgan fingerprint density at radius 1 is 1.35 bits per heavy atom. The zero-order valence-corrected chi connectivity index (χ0v) is 14.1. The summed E-state index contributed by atoms with van der Waals surface area (Å²) in [5.41, 5.74) is 1.62. The summed E-state index contributed by atoms with van der Waals surface area (Å²) in [5.74, 6) is 0.583. The summed E-state index contributed by atoms with van der Waals surface area (Å²) in [7, 11) is 1.59. The lowest BCUT2D eigenvalue weighted by Crippen LogP contribution is -2.45. The lowest BCUT2D eigenvalue weighted by molar-refractivity contribution is -0.149. The van der Waals surface area contributed by atoms with Crippen LogP contribution in [0.2, 0.25) is 0 Å². The molecular weight excluding hydrogens is 288 g/mol. The molecule has 1 saturated heterocycles. The lowest BCUT2D eigenvalue weighted by atomic mass is 9.96. The molecule has 1 aromatic heterocycles. The Labute approximate surface area is 137 Å². The molecule has 0 N–H and O–H groups in total. The molecule has 3 rings (SSSR count). The van der Waals surface area contributed by atoms with Crippen LogP contribution in [0.5, 0.6) is 0 Å². The molecule has 23 heavy (non-hydrogen) atoms. The first-order valence-electron chi connectivity index (χ1n) is 8.18. The number of carbonyl (C=O) groups is 1. The topological polar surface area (TPSA) is 42.4 Å². The minimum absolute atomic E-state index is 0.0853. The van der Waals surface area contributed by atoms with Crippen molar-refractivity contribution in [1.82, 2.24) is 9.88 Å². The molecule has 122 valence electrons. The van der Waals surface area contributed by atoms with Crippen LogP contribution in [0.25, 0.3) is 10.9 Å². The van der Waals surface area contributed by atoms with Crippen molar-refractivity contribution in [2.45, 2.75) is 32.3 Å². The van der Waals surface area contributed by atoms with Crippen molar-refractivity contribution < 1.29 is 9.53 Å². The first-order chi connectivity index (χ1) is 11.0. The number of nitrogens with zero attached hydrogens (tertiary/aromatic N) is 2. The number of methoxy groups -OCH3 is 1. The first kappa shape index (κ1) is 15.9. The van der Waals surface area contributed by atoms with Crippen LogP contribution in [0.3, 0.4) is 0 Å². The molecular formula is C19H24N2O2. The number of rotatable bonds is 4. The van der Waals surface area contributed by atoms with E-state index in [9.17, 15) is 4.79 Å². The SMILES string of the molecule is COC(C)(C)C(=O)N1CC[C@H](Cc2ccnc3ccccc23)C1. The van der Waals surface area contributed by atoms with Gasteiger partial charge in [0.25, 0.3) is 5.91 Å². The van der Waals surface area contributed by atoms with Crippen molar-refractivity contribution in [1.29, 1.82) is 0 Å². The summed E-state index contributed by atoms with van der Waals surface area (Å²) in [4.78, 5) is 18.9. The summed E-state index contributed by atoms with van der Waals surface area (Å²) in [6.07, 6.45) is 3.91. The van der Waals surface area contributed by atoms with Gasteiger partial charge in [0.1, 0.15) is 5.60 Å². The fourth-order valence-corrected chi connectivity index (χ4v) is 3.30. The van der Waals surface area contributed by atoms with Crippen LogP contribution < -0.4 is 0 Å². The standard InChI is InChI=1S/C19H24N2O2/c1-19(2,23-3)18(22)21-11-9-14(13-21)12-15-8-10-20-17-7-5-4-6-16(15)17/h4-8,10,14H,9,11-13H2,1-3H3/t14-/m1/s1. The summed E-state index contributed by atoms with van der Waals surface area (Å²) in [6.45, 7) is 5.29. The quantitative estimate of drug-likeness (QED) is 0.871. The minimum atomic E-state index is -0.738. The van der Waals surface area contributed by atoms with E-state index in [-0.39, 0.29) is 5.91 Å². The molecule has 0 spiro atoms. The molecule has 2 heterocycles. The number of aromatic nitrogens is 1. The Kier molecular flexibility index (Phi) is 4.35. The first-order valence-corrected chi connectivity index (χ1v) is 8.18. The third kappa shape index (κ3) is 3.22. The Hall–Kier alpha value is -1.94. The molecule has 4 heteroatoms. The zero-order chi connectivity index (χ0) is 16.4. The maximum absolute atomic E-state index is 12.5. The van der Waals surface area contributed by atoms with Crippen molar-refractivity contribution in [2.24, 2.45) is 5.92 Å². The van der Waals surface area contributed by atoms with Crippen LogP contribution in [-0.2, 0) is 16.0 Å². The number of pyridine rings is 1. The minimum Gasteiger partial charge on any atom is -0.369 e. The molecule has 1 fully saturated rings. The highest BCUT2D eigenvalue weighted by Gasteiger charge is 2.35. The van der Waals surface area contributed by atoms with Gasteiger partial charge in [0.2, 0.25) is 0 Å². The van der Waals surface area contributed by atoms with Crippen molar-refractivity contribution in [3.63, 3.8) is 0 Å². The van der Waals surface area contributed by atoms with E-state index < -0.39 is 5.60 Å². The number of fused-ring (bicyclic) bond motifs is 1. The zero-order valence-electron chi connectivity index (χ0n) is 14.1. The molecule has 1 aliphatic rings. The molecule has 2 aromatic rings. The average Bonchev–Trinajstić information content (AvgIpc) is 3.03. The second-order valence-electron chi connectivity index (χ2n) is 6.81. The van der Waals surface area contributed by atoms with E-state index in [0.717, 1.165) is 31.4 Å². The van der Waals surface area contributed by atoms with Crippen LogP contribution in [0.15, 0.2) is 36.5 Å². The number of amides is 1. The van der Waals surface area contributed by atoms with E-state index in [1.807, 2.05) is 37.1 Å². The van der Waals surface area contributed by atoms with E-state index in [1.54, 1.807) is 7.11 Å². The van der Waals surface area contributed by atoms with Crippen LogP contribution in [-0.4, -0.2) is 41.6 Å². The van der Waals surface area contributed by atoms with Gasteiger partial charge >= 0.3 is 0 Å². The van der Waals surface area contributed by atoms with E-state index in [1.165, 1.54) is 10.9 Å². The van der Waals surface area contributed by atoms with Crippen molar-refractivity contribution in [3.05, 3.63) is 42.1 Å². The average molecular weight is 312 g/mol. The van der Waals surface area contributed by atoms with Crippen LogP contribution in [0, 0.1) is 5.92 Å². The van der Waals surface area contributed by atoms with Gasteiger partial charge in [0.05, 0.1) is 5.52 Å². The molecule has 0 saturated carbocycles. The predicted octanol–water partition coefficient (Wildman–Crippen LogP) is 3.05. The van der Waals surface area contributed by atoms with E-state index >= 15 is 0 Å². The van der Waals surface area contributed by atoms with Gasteiger partial charge < -0.3 is 9.64 Å². The molecule has 0 unspecified atom stereocenters. The maximum Gasteiger partial charge on any atom is 0.254 e. The molecule has 0 aliphatic carbocycles. The molecule has 4 nitrogen and oxygen atoms in total. The van der Waals surface area contributed by atoms with Crippen molar-refractivity contribution in [3.8, 4) is 0 Å². The summed E-state index contributed by atoms with van der Waals surface area (Å²) < 4.78 is 5.32. The summed E-state index contributed by atoms with van der Waals surface area (Å²) >= 11 is 0. The van der Waals surface area contributed by atoms with Gasteiger partial charge in [-0.05, 0) is 50.3 Å². The highest BCUT2D eigenvalue weighted by Crippen LogP contribution is 2.26. The smallest absolute Gasteiger partial charge is 0.254 e. The van der Waals surface area contributed by atoms with Crippen LogP contribution >= 0.6 is 0 Å². The molecule has 1 aliphatic heterocycles. The van der Waals surface area contributed by atoms with Gasteiger partial charge in [-0.3, -0.25) is 9.78 Å². The van der Waals surface area contributed by atoms with Gasteiger partial charge in [-0.1, -0.05) is 18.2 Å². The van der Waals surface area contributed by atoms with E-state index in [0.29, 0.717) is 5.92 Å². The van der Waals surface area contributed by atoms with Gasteiger partial charge in [-0.15, -0.1) is 0 Å². The monoisotopic (exact) mass is 312 g/mol. The van der Waals surface area contributed by atoms with Gasteiger partial charge in [0.15, 0.2) is 0 Å². The molecule has 0 bridgehead atoms. The highest BCUT2D eigenvalue weighted by molar-refractivity contribution is 5.85. The number of benzene rings is 1.